The van der Waals surface area contributed by atoms with Gasteiger partial charge in [-0.25, -0.2) is 0 Å². The Labute approximate surface area is 149 Å². The maximum Gasteiger partial charge on any atom is 0.127 e. The number of benzene rings is 3. The number of rotatable bonds is 8. The molecule has 3 rings (SSSR count). The van der Waals surface area contributed by atoms with Gasteiger partial charge in [0.1, 0.15) is 18.5 Å². The molecule has 25 heavy (non-hydrogen) atoms. The Morgan fingerprint density at radius 3 is 2.52 bits per heavy atom. The predicted molar refractivity (Wildman–Crippen MR) is 104 cm³/mol. The first-order valence-electron chi connectivity index (χ1n) is 8.87. The Morgan fingerprint density at radius 2 is 1.72 bits per heavy atom. The summed E-state index contributed by atoms with van der Waals surface area (Å²) in [5.41, 5.74) is 2.36. The van der Waals surface area contributed by atoms with Gasteiger partial charge in [-0.2, -0.15) is 0 Å². The van der Waals surface area contributed by atoms with Crippen LogP contribution in [0.2, 0.25) is 0 Å². The third kappa shape index (κ3) is 4.74. The summed E-state index contributed by atoms with van der Waals surface area (Å²) in [6.45, 7) is 2.89. The van der Waals surface area contributed by atoms with E-state index in [1.54, 1.807) is 0 Å². The van der Waals surface area contributed by atoms with Crippen LogP contribution in [-0.2, 0) is 6.42 Å². The van der Waals surface area contributed by atoms with E-state index >= 15 is 0 Å². The van der Waals surface area contributed by atoms with Crippen molar-refractivity contribution in [1.82, 2.24) is 0 Å². The molecule has 1 atom stereocenters. The molecule has 0 saturated carbocycles. The fourth-order valence-electron chi connectivity index (χ4n) is 2.88. The van der Waals surface area contributed by atoms with E-state index in [9.17, 15) is 5.11 Å². The average molecular weight is 335 g/mol. The van der Waals surface area contributed by atoms with Gasteiger partial charge < -0.3 is 15.2 Å². The van der Waals surface area contributed by atoms with E-state index in [0.717, 1.165) is 35.1 Å². The van der Waals surface area contributed by atoms with Crippen molar-refractivity contribution in [3.63, 3.8) is 0 Å². The van der Waals surface area contributed by atoms with Crippen LogP contribution in [0, 0.1) is 0 Å². The summed E-state index contributed by atoms with van der Waals surface area (Å²) in [7, 11) is 0. The van der Waals surface area contributed by atoms with E-state index in [1.807, 2.05) is 30.3 Å². The Bertz CT molecular complexity index is 793. The number of aliphatic hydroxyl groups is 1. The fourth-order valence-corrected chi connectivity index (χ4v) is 2.88. The molecule has 0 aliphatic carbocycles. The van der Waals surface area contributed by atoms with Crippen LogP contribution in [-0.4, -0.2) is 24.4 Å². The molecule has 3 aromatic carbocycles. The molecule has 0 spiro atoms. The number of aryl methyl sites for hydroxylation is 1. The molecule has 3 nitrogen and oxygen atoms in total. The van der Waals surface area contributed by atoms with Crippen molar-refractivity contribution < 1.29 is 9.84 Å². The molecule has 0 heterocycles. The molecule has 3 heteroatoms. The second-order valence-electron chi connectivity index (χ2n) is 6.27. The minimum absolute atomic E-state index is 0.259. The van der Waals surface area contributed by atoms with Gasteiger partial charge in [-0.3, -0.25) is 0 Å². The van der Waals surface area contributed by atoms with Crippen LogP contribution in [0.3, 0.4) is 0 Å². The molecule has 0 aliphatic heterocycles. The number of nitrogens with one attached hydrogen (secondary N) is 1. The molecule has 0 saturated heterocycles. The maximum absolute atomic E-state index is 10.2. The summed E-state index contributed by atoms with van der Waals surface area (Å²) in [4.78, 5) is 0. The largest absolute Gasteiger partial charge is 0.490 e. The van der Waals surface area contributed by atoms with Gasteiger partial charge in [0.05, 0.1) is 0 Å². The first-order valence-corrected chi connectivity index (χ1v) is 8.87. The van der Waals surface area contributed by atoms with Gasteiger partial charge in [0, 0.05) is 17.6 Å². The number of hydrogen-bond donors (Lipinski definition) is 2. The minimum Gasteiger partial charge on any atom is -0.490 e. The number of fused-ring (bicyclic) bond motifs is 1. The quantitative estimate of drug-likeness (QED) is 0.630. The molecule has 0 radical (unpaired) electrons. The number of ether oxygens (including phenoxy) is 1. The number of anilines is 1. The summed E-state index contributed by atoms with van der Waals surface area (Å²) in [6, 6.07) is 22.4. The van der Waals surface area contributed by atoms with Gasteiger partial charge >= 0.3 is 0 Å². The second-order valence-corrected chi connectivity index (χ2v) is 6.27. The smallest absolute Gasteiger partial charge is 0.127 e. The van der Waals surface area contributed by atoms with Gasteiger partial charge in [0.15, 0.2) is 0 Å². The van der Waals surface area contributed by atoms with Crippen molar-refractivity contribution in [2.24, 2.45) is 0 Å². The molecule has 0 bridgehead atoms. The van der Waals surface area contributed by atoms with Crippen molar-refractivity contribution in [3.05, 3.63) is 72.3 Å². The van der Waals surface area contributed by atoms with Gasteiger partial charge in [0.2, 0.25) is 0 Å². The lowest BCUT2D eigenvalue weighted by Gasteiger charge is -2.15. The zero-order valence-corrected chi connectivity index (χ0v) is 14.6. The standard InChI is InChI=1S/C22H25NO2/c1-2-6-17-11-13-19(14-12-17)23-15-20(24)16-25-22-10-5-8-18-7-3-4-9-21(18)22/h3-5,7-14,20,23-24H,2,6,15-16H2,1H3. The molecule has 0 amide bonds. The Kier molecular flexibility index (Phi) is 5.91. The van der Waals surface area contributed by atoms with Crippen LogP contribution in [0.4, 0.5) is 5.69 Å². The molecular formula is C22H25NO2. The molecule has 0 aromatic heterocycles. The third-order valence-corrected chi connectivity index (χ3v) is 4.22. The van der Waals surface area contributed by atoms with Crippen molar-refractivity contribution >= 4 is 16.5 Å². The normalized spacial score (nSPS) is 12.1. The average Bonchev–Trinajstić information content (AvgIpc) is 2.66. The third-order valence-electron chi connectivity index (χ3n) is 4.22. The van der Waals surface area contributed by atoms with Crippen molar-refractivity contribution in [1.29, 1.82) is 0 Å². The first kappa shape index (κ1) is 17.3. The summed E-state index contributed by atoms with van der Waals surface area (Å²) >= 11 is 0. The van der Waals surface area contributed by atoms with E-state index < -0.39 is 6.10 Å². The maximum atomic E-state index is 10.2. The van der Waals surface area contributed by atoms with Gasteiger partial charge in [0.25, 0.3) is 0 Å². The molecule has 3 aromatic rings. The summed E-state index contributed by atoms with van der Waals surface area (Å²) < 4.78 is 5.83. The van der Waals surface area contributed by atoms with E-state index in [4.69, 9.17) is 4.74 Å². The van der Waals surface area contributed by atoms with Crippen LogP contribution < -0.4 is 10.1 Å². The van der Waals surface area contributed by atoms with Crippen molar-refractivity contribution in [2.45, 2.75) is 25.9 Å². The van der Waals surface area contributed by atoms with Crippen molar-refractivity contribution in [2.75, 3.05) is 18.5 Å². The zero-order chi connectivity index (χ0) is 17.5. The summed E-state index contributed by atoms with van der Waals surface area (Å²) in [5, 5.41) is 15.7. The van der Waals surface area contributed by atoms with Gasteiger partial charge in [-0.05, 0) is 35.6 Å². The highest BCUT2D eigenvalue weighted by molar-refractivity contribution is 5.88. The second kappa shape index (κ2) is 8.54. The highest BCUT2D eigenvalue weighted by Crippen LogP contribution is 2.25. The van der Waals surface area contributed by atoms with Gasteiger partial charge in [-0.1, -0.05) is 61.9 Å². The fraction of sp³-hybridized carbons (Fsp3) is 0.273. The predicted octanol–water partition coefficient (Wildman–Crippen LogP) is 4.64. The van der Waals surface area contributed by atoms with Crippen LogP contribution in [0.15, 0.2) is 66.7 Å². The number of aliphatic hydroxyl groups excluding tert-OH is 1. The van der Waals surface area contributed by atoms with E-state index in [1.165, 1.54) is 5.56 Å². The van der Waals surface area contributed by atoms with Crippen LogP contribution in [0.25, 0.3) is 10.8 Å². The van der Waals surface area contributed by atoms with E-state index in [-0.39, 0.29) is 6.61 Å². The SMILES string of the molecule is CCCc1ccc(NCC(O)COc2cccc3ccccc23)cc1. The molecule has 130 valence electrons. The molecule has 1 unspecified atom stereocenters. The first-order chi connectivity index (χ1) is 12.3. The van der Waals surface area contributed by atoms with E-state index in [2.05, 4.69) is 48.6 Å². The van der Waals surface area contributed by atoms with Crippen LogP contribution in [0.1, 0.15) is 18.9 Å². The summed E-state index contributed by atoms with van der Waals surface area (Å²) in [5.74, 6) is 0.807. The Balaban J connectivity index is 1.51. The van der Waals surface area contributed by atoms with Crippen molar-refractivity contribution in [3.8, 4) is 5.75 Å². The van der Waals surface area contributed by atoms with E-state index in [0.29, 0.717) is 6.54 Å². The topological polar surface area (TPSA) is 41.5 Å². The molecule has 0 aliphatic rings. The summed E-state index contributed by atoms with van der Waals surface area (Å²) in [6.07, 6.45) is 1.67. The monoisotopic (exact) mass is 335 g/mol. The lowest BCUT2D eigenvalue weighted by Crippen LogP contribution is -2.26. The highest BCUT2D eigenvalue weighted by Gasteiger charge is 2.07. The van der Waals surface area contributed by atoms with Gasteiger partial charge in [-0.15, -0.1) is 0 Å². The Morgan fingerprint density at radius 1 is 0.960 bits per heavy atom. The zero-order valence-electron chi connectivity index (χ0n) is 14.6. The van der Waals surface area contributed by atoms with Crippen LogP contribution in [0.5, 0.6) is 5.75 Å². The number of hydrogen-bond acceptors (Lipinski definition) is 3. The lowest BCUT2D eigenvalue weighted by atomic mass is 10.1. The highest BCUT2D eigenvalue weighted by atomic mass is 16.5. The minimum atomic E-state index is -0.575. The molecule has 2 N–H and O–H groups in total. The lowest BCUT2D eigenvalue weighted by molar-refractivity contribution is 0.118. The van der Waals surface area contributed by atoms with Crippen LogP contribution >= 0.6 is 0 Å². The Hall–Kier alpha value is -2.52. The molecular weight excluding hydrogens is 310 g/mol. The molecule has 0 fully saturated rings.